The van der Waals surface area contributed by atoms with Crippen molar-refractivity contribution in [3.8, 4) is 0 Å². The molecule has 0 saturated heterocycles. The molecule has 0 heterocycles. The fourth-order valence-corrected chi connectivity index (χ4v) is 4.55. The average molecular weight is 437 g/mol. The van der Waals surface area contributed by atoms with E-state index in [1.165, 1.54) is 0 Å². The molecule has 0 saturated carbocycles. The smallest absolute Gasteiger partial charge is 0.253 e. The van der Waals surface area contributed by atoms with Crippen LogP contribution in [0, 0.1) is 0 Å². The van der Waals surface area contributed by atoms with Crippen molar-refractivity contribution in [1.82, 2.24) is 10.2 Å². The highest BCUT2D eigenvalue weighted by Gasteiger charge is 2.17. The number of carbonyl (C=O) groups is 2. The highest BCUT2D eigenvalue weighted by molar-refractivity contribution is 7.90. The van der Waals surface area contributed by atoms with Crippen molar-refractivity contribution in [2.24, 2.45) is 0 Å². The third-order valence-corrected chi connectivity index (χ3v) is 6.55. The zero-order valence-electron chi connectivity index (χ0n) is 17.4. The van der Waals surface area contributed by atoms with E-state index in [-0.39, 0.29) is 22.5 Å². The fourth-order valence-electron chi connectivity index (χ4n) is 3.20. The number of nitrogens with zero attached hydrogens (tertiary/aromatic N) is 1. The van der Waals surface area contributed by atoms with Gasteiger partial charge in [-0.05, 0) is 47.5 Å². The van der Waals surface area contributed by atoms with Gasteiger partial charge >= 0.3 is 0 Å². The maximum absolute atomic E-state index is 12.9. The van der Waals surface area contributed by atoms with Gasteiger partial charge in [-0.25, -0.2) is 8.42 Å². The first-order valence-electron chi connectivity index (χ1n) is 9.73. The highest BCUT2D eigenvalue weighted by atomic mass is 32.2. The molecule has 0 radical (unpaired) electrons. The van der Waals surface area contributed by atoms with Crippen molar-refractivity contribution >= 4 is 21.7 Å². The van der Waals surface area contributed by atoms with Gasteiger partial charge in [0.05, 0.1) is 10.6 Å². The van der Waals surface area contributed by atoms with Gasteiger partial charge in [-0.15, -0.1) is 0 Å². The molecule has 31 heavy (non-hydrogen) atoms. The summed E-state index contributed by atoms with van der Waals surface area (Å²) in [5.74, 6) is -0.560. The number of hydrogen-bond acceptors (Lipinski definition) is 4. The molecule has 0 unspecified atom stereocenters. The third-order valence-electron chi connectivity index (χ3n) is 4.84. The highest BCUT2D eigenvalue weighted by Crippen LogP contribution is 2.18. The number of amides is 2. The predicted octanol–water partition coefficient (Wildman–Crippen LogP) is 3.29. The molecule has 0 fully saturated rings. The summed E-state index contributed by atoms with van der Waals surface area (Å²) in [5, 5.41) is 2.57. The first kappa shape index (κ1) is 22.2. The van der Waals surface area contributed by atoms with Crippen LogP contribution in [0.2, 0.25) is 0 Å². The molecule has 1 N–H and O–H groups in total. The summed E-state index contributed by atoms with van der Waals surface area (Å²) in [7, 11) is -0.241. The fraction of sp³-hybridized carbons (Fsp3) is 0.167. The molecule has 0 bridgehead atoms. The summed E-state index contributed by atoms with van der Waals surface area (Å²) in [5.41, 5.74) is 2.40. The van der Waals surface area contributed by atoms with Gasteiger partial charge in [-0.1, -0.05) is 42.5 Å². The lowest BCUT2D eigenvalue weighted by Crippen LogP contribution is -2.26. The van der Waals surface area contributed by atoms with Crippen molar-refractivity contribution in [1.29, 1.82) is 0 Å². The van der Waals surface area contributed by atoms with Crippen LogP contribution >= 0.6 is 0 Å². The van der Waals surface area contributed by atoms with Gasteiger partial charge < -0.3 is 10.2 Å². The Labute approximate surface area is 182 Å². The van der Waals surface area contributed by atoms with E-state index in [1.54, 1.807) is 97.9 Å². The van der Waals surface area contributed by atoms with Crippen molar-refractivity contribution < 1.29 is 18.0 Å². The van der Waals surface area contributed by atoms with Gasteiger partial charge in [-0.3, -0.25) is 9.59 Å². The molecule has 0 atom stereocenters. The number of hydrogen-bond donors (Lipinski definition) is 1. The second-order valence-corrected chi connectivity index (χ2v) is 9.20. The average Bonchev–Trinajstić information content (AvgIpc) is 2.79. The van der Waals surface area contributed by atoms with Crippen molar-refractivity contribution in [3.63, 3.8) is 0 Å². The van der Waals surface area contributed by atoms with Crippen LogP contribution in [0.15, 0.2) is 83.8 Å². The van der Waals surface area contributed by atoms with Gasteiger partial charge in [0.25, 0.3) is 11.8 Å². The second-order valence-electron chi connectivity index (χ2n) is 7.21. The molecule has 7 heteroatoms. The Hall–Kier alpha value is -3.45. The summed E-state index contributed by atoms with van der Waals surface area (Å²) in [6.07, 6.45) is 0. The van der Waals surface area contributed by atoms with E-state index >= 15 is 0 Å². The minimum Gasteiger partial charge on any atom is -0.355 e. The molecule has 0 aliphatic rings. The molecule has 0 aromatic heterocycles. The Balaban J connectivity index is 1.71. The number of benzene rings is 3. The summed E-state index contributed by atoms with van der Waals surface area (Å²) >= 11 is 0. The Morgan fingerprint density at radius 2 is 1.52 bits per heavy atom. The molecule has 6 nitrogen and oxygen atoms in total. The van der Waals surface area contributed by atoms with Crippen molar-refractivity contribution in [2.75, 3.05) is 14.1 Å². The molecule has 0 spiro atoms. The van der Waals surface area contributed by atoms with Gasteiger partial charge in [0.15, 0.2) is 9.84 Å². The van der Waals surface area contributed by atoms with E-state index in [2.05, 4.69) is 5.32 Å². The summed E-state index contributed by atoms with van der Waals surface area (Å²) in [6.45, 7) is 0.361. The summed E-state index contributed by atoms with van der Waals surface area (Å²) in [4.78, 5) is 26.3. The van der Waals surface area contributed by atoms with E-state index in [0.717, 1.165) is 5.56 Å². The maximum atomic E-state index is 12.9. The largest absolute Gasteiger partial charge is 0.355 e. The number of nitrogens with one attached hydrogen (secondary N) is 1. The van der Waals surface area contributed by atoms with Crippen LogP contribution in [0.4, 0.5) is 0 Å². The SMILES string of the molecule is CNC(=O)c1ccc(CN(C)C(=O)c2cccc(CS(=O)(=O)c3ccccc3)c2)cc1. The first-order valence-corrected chi connectivity index (χ1v) is 11.4. The molecule has 0 aliphatic carbocycles. The van der Waals surface area contributed by atoms with Crippen molar-refractivity contribution in [2.45, 2.75) is 17.2 Å². The van der Waals surface area contributed by atoms with E-state index in [4.69, 9.17) is 0 Å². The molecule has 2 amide bonds. The lowest BCUT2D eigenvalue weighted by molar-refractivity contribution is 0.0784. The van der Waals surface area contributed by atoms with E-state index in [1.807, 2.05) is 0 Å². The first-order chi connectivity index (χ1) is 14.8. The molecular formula is C24H24N2O4S. The van der Waals surface area contributed by atoms with E-state index < -0.39 is 9.84 Å². The molecular weight excluding hydrogens is 412 g/mol. The lowest BCUT2D eigenvalue weighted by Gasteiger charge is -2.18. The molecule has 0 aliphatic heterocycles. The van der Waals surface area contributed by atoms with Crippen LogP contribution in [-0.4, -0.2) is 39.2 Å². The number of rotatable bonds is 7. The topological polar surface area (TPSA) is 83.6 Å². The number of sulfone groups is 1. The van der Waals surface area contributed by atoms with Crippen LogP contribution in [0.25, 0.3) is 0 Å². The Kier molecular flexibility index (Phi) is 6.87. The molecule has 3 rings (SSSR count). The van der Waals surface area contributed by atoms with Crippen LogP contribution in [-0.2, 0) is 22.1 Å². The lowest BCUT2D eigenvalue weighted by atomic mass is 10.1. The standard InChI is InChI=1S/C24H24N2O4S/c1-25-23(27)20-13-11-18(12-14-20)16-26(2)24(28)21-8-6-7-19(15-21)17-31(29,30)22-9-4-3-5-10-22/h3-15H,16-17H2,1-2H3,(H,25,27). The Morgan fingerprint density at radius 3 is 2.16 bits per heavy atom. The predicted molar refractivity (Wildman–Crippen MR) is 119 cm³/mol. The Morgan fingerprint density at radius 1 is 0.839 bits per heavy atom. The van der Waals surface area contributed by atoms with Crippen LogP contribution < -0.4 is 5.32 Å². The monoisotopic (exact) mass is 436 g/mol. The van der Waals surface area contributed by atoms with Gasteiger partial charge in [0.1, 0.15) is 0 Å². The van der Waals surface area contributed by atoms with E-state index in [0.29, 0.717) is 23.2 Å². The van der Waals surface area contributed by atoms with Crippen LogP contribution in [0.1, 0.15) is 31.8 Å². The Bertz CT molecular complexity index is 1170. The molecule has 160 valence electrons. The summed E-state index contributed by atoms with van der Waals surface area (Å²) < 4.78 is 25.3. The minimum atomic E-state index is -3.50. The van der Waals surface area contributed by atoms with E-state index in [9.17, 15) is 18.0 Å². The minimum absolute atomic E-state index is 0.168. The zero-order chi connectivity index (χ0) is 22.4. The van der Waals surface area contributed by atoms with Gasteiger partial charge in [-0.2, -0.15) is 0 Å². The van der Waals surface area contributed by atoms with Crippen molar-refractivity contribution in [3.05, 3.63) is 101 Å². The zero-order valence-corrected chi connectivity index (χ0v) is 18.2. The van der Waals surface area contributed by atoms with Gasteiger partial charge in [0, 0.05) is 31.8 Å². The quantitative estimate of drug-likeness (QED) is 0.616. The summed E-state index contributed by atoms with van der Waals surface area (Å²) in [6, 6.07) is 22.0. The van der Waals surface area contributed by atoms with Crippen LogP contribution in [0.3, 0.4) is 0 Å². The molecule has 3 aromatic carbocycles. The second kappa shape index (κ2) is 9.57. The number of carbonyl (C=O) groups excluding carboxylic acids is 2. The van der Waals surface area contributed by atoms with Gasteiger partial charge in [0.2, 0.25) is 0 Å². The maximum Gasteiger partial charge on any atom is 0.253 e. The molecule has 3 aromatic rings. The third kappa shape index (κ3) is 5.58. The normalized spacial score (nSPS) is 11.0. The van der Waals surface area contributed by atoms with Crippen LogP contribution in [0.5, 0.6) is 0 Å².